The summed E-state index contributed by atoms with van der Waals surface area (Å²) in [5, 5.41) is 28.8. The monoisotopic (exact) mass is 1040 g/mol. The highest BCUT2D eigenvalue weighted by atomic mass is 79.9. The molecule has 0 aromatic rings. The number of alkyl halides is 5. The lowest BCUT2D eigenvalue weighted by Crippen LogP contribution is -2.54. The quantitative estimate of drug-likeness (QED) is 0.0629. The maximum absolute atomic E-state index is 12.2. The third-order valence-corrected chi connectivity index (χ3v) is 8.33. The van der Waals surface area contributed by atoms with E-state index in [2.05, 4.69) is 69.1 Å². The van der Waals surface area contributed by atoms with Crippen LogP contribution in [0.25, 0.3) is 0 Å². The van der Waals surface area contributed by atoms with Gasteiger partial charge < -0.3 is 57.1 Å². The fourth-order valence-corrected chi connectivity index (χ4v) is 4.61. The van der Waals surface area contributed by atoms with Crippen LogP contribution < -0.4 is 42.5 Å². The number of amides is 8. The van der Waals surface area contributed by atoms with Crippen molar-refractivity contribution < 1.29 is 70.9 Å². The number of nitrogens with one attached hydrogen (secondary N) is 8. The van der Waals surface area contributed by atoms with Gasteiger partial charge in [0.25, 0.3) is 0 Å². The van der Waals surface area contributed by atoms with Crippen molar-refractivity contribution in [2.45, 2.75) is 162 Å². The van der Waals surface area contributed by atoms with E-state index in [1.807, 2.05) is 0 Å². The molecule has 0 heterocycles. The lowest BCUT2D eigenvalue weighted by molar-refractivity contribution is -0.174. The Morgan fingerprint density at radius 3 is 1.05 bits per heavy atom. The Bertz CT molecular complexity index is 1500. The Morgan fingerprint density at radius 1 is 0.476 bits per heavy atom. The van der Waals surface area contributed by atoms with E-state index in [-0.39, 0.29) is 5.91 Å². The number of carboxylic acid groups (broad SMARTS) is 1. The van der Waals surface area contributed by atoms with Crippen LogP contribution in [0.4, 0.5) is 22.8 Å². The van der Waals surface area contributed by atoms with Crippen molar-refractivity contribution in [3.63, 3.8) is 0 Å². The van der Waals surface area contributed by atoms with E-state index in [9.17, 15) is 56.3 Å². The minimum Gasteiger partial charge on any atom is -0.480 e. The molecule has 0 spiro atoms. The van der Waals surface area contributed by atoms with Gasteiger partial charge in [0.2, 0.25) is 29.5 Å². The minimum atomic E-state index is -5.06. The molecule has 0 rings (SSSR count). The van der Waals surface area contributed by atoms with Gasteiger partial charge in [-0.3, -0.25) is 33.6 Å². The number of unbranched alkanes of at least 4 members (excludes halogenated alkanes) is 2. The summed E-state index contributed by atoms with van der Waals surface area (Å²) in [5.41, 5.74) is -1.29. The highest BCUT2D eigenvalue weighted by molar-refractivity contribution is 9.09. The lowest BCUT2D eigenvalue weighted by Gasteiger charge is -2.23. The molecule has 0 radical (unpaired) electrons. The number of aliphatic carboxylic acids is 1. The molecule has 0 unspecified atom stereocenters. The number of carbonyl (C=O) groups is 9. The van der Waals surface area contributed by atoms with Crippen LogP contribution >= 0.6 is 31.9 Å². The third-order valence-electron chi connectivity index (χ3n) is 7.20. The van der Waals surface area contributed by atoms with E-state index >= 15 is 0 Å². The first-order valence-electron chi connectivity index (χ1n) is 19.9. The zero-order chi connectivity index (χ0) is 49.9. The summed E-state index contributed by atoms with van der Waals surface area (Å²) in [6, 6.07) is -5.75. The van der Waals surface area contributed by atoms with Crippen LogP contribution in [0.1, 0.15) is 109 Å². The van der Waals surface area contributed by atoms with Gasteiger partial charge in [0.15, 0.2) is 0 Å². The molecule has 9 N–H and O–H groups in total. The Morgan fingerprint density at radius 2 is 0.762 bits per heavy atom. The third kappa shape index (κ3) is 34.7. The van der Waals surface area contributed by atoms with Crippen LogP contribution in [0.15, 0.2) is 0 Å². The van der Waals surface area contributed by atoms with Gasteiger partial charge in [-0.15, -0.1) is 0 Å². The van der Waals surface area contributed by atoms with Crippen LogP contribution in [0.3, 0.4) is 0 Å². The molecule has 0 aromatic heterocycles. The van der Waals surface area contributed by atoms with Gasteiger partial charge in [-0.25, -0.2) is 9.59 Å². The van der Waals surface area contributed by atoms with Crippen molar-refractivity contribution >= 4 is 85.5 Å². The van der Waals surface area contributed by atoms with E-state index in [0.29, 0.717) is 13.1 Å². The van der Waals surface area contributed by atoms with Crippen LogP contribution in [-0.4, -0.2) is 136 Å². The van der Waals surface area contributed by atoms with Crippen LogP contribution in [0.5, 0.6) is 0 Å². The highest BCUT2D eigenvalue weighted by Gasteiger charge is 2.40. The van der Waals surface area contributed by atoms with Gasteiger partial charge in [-0.2, -0.15) is 13.2 Å². The van der Waals surface area contributed by atoms with E-state index < -0.39 is 101 Å². The second-order valence-corrected chi connectivity index (χ2v) is 17.4. The van der Waals surface area contributed by atoms with Gasteiger partial charge >= 0.3 is 30.2 Å². The molecule has 20 nitrogen and oxygen atoms in total. The van der Waals surface area contributed by atoms with Crippen LogP contribution in [-0.2, 0) is 43.0 Å². The summed E-state index contributed by atoms with van der Waals surface area (Å²) in [5.74, 6) is -5.95. The Labute approximate surface area is 383 Å². The molecule has 0 fully saturated rings. The first kappa shape index (κ1) is 62.9. The summed E-state index contributed by atoms with van der Waals surface area (Å²) in [4.78, 5) is 103. The number of hydrogen-bond donors (Lipinski definition) is 9. The van der Waals surface area contributed by atoms with Crippen LogP contribution in [0.2, 0.25) is 0 Å². The minimum absolute atomic E-state index is 0.290. The van der Waals surface area contributed by atoms with E-state index in [4.69, 9.17) is 14.6 Å². The van der Waals surface area contributed by atoms with Crippen molar-refractivity contribution in [2.75, 3.05) is 23.7 Å². The van der Waals surface area contributed by atoms with Crippen molar-refractivity contribution in [1.29, 1.82) is 0 Å². The largest absolute Gasteiger partial charge is 0.480 e. The molecule has 25 heteroatoms. The summed E-state index contributed by atoms with van der Waals surface area (Å²) in [6.07, 6.45) is -3.09. The highest BCUT2D eigenvalue weighted by Crippen LogP contribution is 2.14. The number of hydrogen-bond acceptors (Lipinski definition) is 11. The molecular formula is C38H67Br2F3N8O12. The van der Waals surface area contributed by atoms with Gasteiger partial charge in [0.1, 0.15) is 47.5 Å². The average Bonchev–Trinajstić information content (AvgIpc) is 3.13. The molecule has 0 bridgehead atoms. The Balaban J connectivity index is -0.000000914. The topological polar surface area (TPSA) is 289 Å². The Hall–Kier alpha value is -4.42. The predicted molar refractivity (Wildman–Crippen MR) is 234 cm³/mol. The first-order chi connectivity index (χ1) is 28.7. The summed E-state index contributed by atoms with van der Waals surface area (Å²) < 4.78 is 46.1. The maximum Gasteiger partial charge on any atom is 0.471 e. The number of alkyl carbamates (subject to hydrolysis) is 2. The van der Waals surface area contributed by atoms with Crippen molar-refractivity contribution in [3.05, 3.63) is 0 Å². The number of carboxylic acids is 1. The van der Waals surface area contributed by atoms with E-state index in [0.717, 1.165) is 43.3 Å². The second kappa shape index (κ2) is 31.4. The first-order valence-corrected chi connectivity index (χ1v) is 22.1. The Kier molecular flexibility index (Phi) is 31.4. The fraction of sp³-hybridized carbons (Fsp3) is 0.763. The number of ether oxygens (including phenoxy) is 2. The summed E-state index contributed by atoms with van der Waals surface area (Å²) in [6.45, 7) is 19.6. The lowest BCUT2D eigenvalue weighted by atomic mass is 10.2. The van der Waals surface area contributed by atoms with Gasteiger partial charge in [-0.05, 0) is 109 Å². The normalized spacial score (nSPS) is 13.9. The SMILES string of the molecule is C[C@H](NC(=O)OC(C)(C)C)C(=O)N[C@@H](C)C(=O)N[C@@H](C)C(=O)NCCCCBr.C[C@H](NC(=O)OC(C)(C)C)C(=O)O.C[C@H](NC(=O)[C@H](C)NC(=O)C(F)(F)F)C(=O)NCCCCBr. The molecule has 63 heavy (non-hydrogen) atoms. The maximum atomic E-state index is 12.2. The number of rotatable bonds is 20. The number of halogens is 5. The molecule has 0 aliphatic heterocycles. The van der Waals surface area contributed by atoms with Gasteiger partial charge in [-0.1, -0.05) is 31.9 Å². The molecule has 0 aliphatic carbocycles. The number of carbonyl (C=O) groups excluding carboxylic acids is 8. The summed E-state index contributed by atoms with van der Waals surface area (Å²) in [7, 11) is 0. The molecule has 0 aliphatic rings. The fourth-order valence-electron chi connectivity index (χ4n) is 3.82. The van der Waals surface area contributed by atoms with Gasteiger partial charge in [0.05, 0.1) is 0 Å². The van der Waals surface area contributed by atoms with Gasteiger partial charge in [0, 0.05) is 23.7 Å². The standard InChI is InChI=1S/C18H33BrN4O5.C12H19BrF3N3O3.C8H15NO4/c1-11(14(24)20-10-8-7-9-19)21-15(25)12(2)22-16(26)13(3)23-17(27)28-18(4,5)6;1-7(9(20)17-6-4-3-5-13)18-10(21)8(2)19-11(22)12(14,15)16;1-5(6(10)11)9-7(12)13-8(2,3)4/h11-13H,7-10H2,1-6H3,(H,20,24)(H,21,25)(H,22,26)(H,23,27);7-8H,3-6H2,1-2H3,(H,17,20)(H,18,21)(H,19,22);5H,1-4H3,(H,9,12)(H,10,11)/t11-,12-,13-;7-,8-;5-/m000/s1. The second-order valence-electron chi connectivity index (χ2n) is 15.8. The average molecular weight is 1040 g/mol. The molecule has 0 saturated carbocycles. The van der Waals surface area contributed by atoms with E-state index in [1.54, 1.807) is 48.5 Å². The van der Waals surface area contributed by atoms with Crippen molar-refractivity contribution in [3.8, 4) is 0 Å². The predicted octanol–water partition coefficient (Wildman–Crippen LogP) is 3.03. The smallest absolute Gasteiger partial charge is 0.471 e. The van der Waals surface area contributed by atoms with Crippen molar-refractivity contribution in [2.24, 2.45) is 0 Å². The molecule has 6 atom stereocenters. The van der Waals surface area contributed by atoms with E-state index in [1.165, 1.54) is 33.0 Å². The molecule has 0 saturated heterocycles. The zero-order valence-electron chi connectivity index (χ0n) is 37.9. The summed E-state index contributed by atoms with van der Waals surface area (Å²) >= 11 is 6.56. The molecule has 8 amide bonds. The zero-order valence-corrected chi connectivity index (χ0v) is 41.1. The molecular weight excluding hydrogens is 977 g/mol. The molecule has 366 valence electrons. The van der Waals surface area contributed by atoms with Crippen molar-refractivity contribution in [1.82, 2.24) is 42.5 Å². The molecule has 0 aromatic carbocycles. The van der Waals surface area contributed by atoms with Crippen LogP contribution in [0, 0.1) is 0 Å².